The number of carbonyl (C=O) groups is 1. The Morgan fingerprint density at radius 1 is 0.823 bits per heavy atom. The molecule has 0 spiro atoms. The fourth-order valence-corrected chi connectivity index (χ4v) is 7.82. The molecule has 2 aliphatic rings. The molecule has 0 bridgehead atoms. The molecule has 0 atom stereocenters. The van der Waals surface area contributed by atoms with E-state index in [-0.39, 0.29) is 53.6 Å². The molecule has 23 heteroatoms. The summed E-state index contributed by atoms with van der Waals surface area (Å²) in [6, 6.07) is 5.47. The summed E-state index contributed by atoms with van der Waals surface area (Å²) in [6.07, 6.45) is -0.387. The van der Waals surface area contributed by atoms with Gasteiger partial charge in [0, 0.05) is 41.8 Å². The summed E-state index contributed by atoms with van der Waals surface area (Å²) >= 11 is 7.12. The minimum Gasteiger partial charge on any atom is -0.444 e. The van der Waals surface area contributed by atoms with E-state index in [1.165, 1.54) is 30.5 Å². The third-order valence-corrected chi connectivity index (χ3v) is 11.9. The van der Waals surface area contributed by atoms with Crippen molar-refractivity contribution in [3.05, 3.63) is 65.6 Å². The van der Waals surface area contributed by atoms with Gasteiger partial charge in [-0.05, 0) is 101 Å². The van der Waals surface area contributed by atoms with Crippen LogP contribution in [0.15, 0.2) is 68.9 Å². The van der Waals surface area contributed by atoms with Crippen LogP contribution in [0, 0.1) is 10.8 Å². The van der Waals surface area contributed by atoms with Crippen molar-refractivity contribution in [2.75, 3.05) is 55.6 Å². The van der Waals surface area contributed by atoms with Crippen LogP contribution in [0.2, 0.25) is 5.15 Å². The van der Waals surface area contributed by atoms with Crippen molar-refractivity contribution in [3.63, 3.8) is 0 Å². The number of halogens is 7. The van der Waals surface area contributed by atoms with Crippen LogP contribution in [0.5, 0.6) is 0 Å². The molecule has 2 aliphatic heterocycles. The van der Waals surface area contributed by atoms with E-state index < -0.39 is 29.3 Å². The van der Waals surface area contributed by atoms with Gasteiger partial charge in [0.2, 0.25) is 0 Å². The van der Waals surface area contributed by atoms with Gasteiger partial charge in [0.1, 0.15) is 26.6 Å². The normalized spacial score (nSPS) is 16.2. The summed E-state index contributed by atoms with van der Waals surface area (Å²) in [7, 11) is 0. The van der Waals surface area contributed by atoms with Gasteiger partial charge in [0.25, 0.3) is 0 Å². The van der Waals surface area contributed by atoms with Crippen LogP contribution in [0.3, 0.4) is 0 Å². The minimum absolute atomic E-state index is 0.0329. The van der Waals surface area contributed by atoms with E-state index in [0.717, 1.165) is 87.8 Å². The van der Waals surface area contributed by atoms with Gasteiger partial charge in [-0.1, -0.05) is 49.0 Å². The first kappa shape index (κ1) is 50.3. The average molecular weight is 933 g/mol. The molecule has 2 fully saturated rings. The van der Waals surface area contributed by atoms with Gasteiger partial charge in [0.15, 0.2) is 23.0 Å². The number of carbonyl (C=O) groups excluding carboxylic acids is 1. The maximum absolute atomic E-state index is 13.1. The van der Waals surface area contributed by atoms with Crippen molar-refractivity contribution < 1.29 is 35.9 Å². The van der Waals surface area contributed by atoms with Crippen LogP contribution in [-0.2, 0) is 17.1 Å². The molecule has 8 N–H and O–H groups in total. The van der Waals surface area contributed by atoms with Crippen LogP contribution in [-0.4, -0.2) is 80.9 Å². The quantitative estimate of drug-likeness (QED) is 0.105. The van der Waals surface area contributed by atoms with Crippen molar-refractivity contribution >= 4 is 58.7 Å². The highest BCUT2D eigenvalue weighted by atomic mass is 35.5. The molecule has 4 aromatic heterocycles. The van der Waals surface area contributed by atoms with Gasteiger partial charge >= 0.3 is 18.4 Å². The summed E-state index contributed by atoms with van der Waals surface area (Å²) < 4.78 is 82.7. The van der Waals surface area contributed by atoms with Gasteiger partial charge < -0.3 is 37.5 Å². The van der Waals surface area contributed by atoms with Gasteiger partial charge in [-0.15, -0.1) is 0 Å². The number of nitrogens with two attached hydrogens (primary N) is 3. The number of anilines is 3. The second kappa shape index (κ2) is 21.3. The van der Waals surface area contributed by atoms with E-state index in [1.807, 2.05) is 20.8 Å². The molecule has 14 nitrogen and oxygen atoms in total. The van der Waals surface area contributed by atoms with Crippen LogP contribution in [0.1, 0.15) is 71.7 Å². The molecule has 340 valence electrons. The number of hydrogen-bond donors (Lipinski definition) is 5. The predicted molar refractivity (Wildman–Crippen MR) is 228 cm³/mol. The van der Waals surface area contributed by atoms with Crippen LogP contribution in [0.25, 0.3) is 0 Å². The molecule has 4 aromatic rings. The first-order chi connectivity index (χ1) is 28.9. The lowest BCUT2D eigenvalue weighted by Gasteiger charge is -2.39. The fraction of sp³-hybridized carbons (Fsp3) is 0.513. The maximum atomic E-state index is 13.1. The molecular formula is C39H51ClF6N12O2S2. The number of alkyl halides is 6. The topological polar surface area (TPSA) is 209 Å². The second-order valence-electron chi connectivity index (χ2n) is 16.1. The molecule has 62 heavy (non-hydrogen) atoms. The van der Waals surface area contributed by atoms with Crippen LogP contribution < -0.4 is 32.7 Å². The number of nitrogens with zero attached hydrogens (tertiary/aromatic N) is 7. The Morgan fingerprint density at radius 2 is 1.32 bits per heavy atom. The fourth-order valence-electron chi connectivity index (χ4n) is 5.93. The third-order valence-electron chi connectivity index (χ3n) is 9.63. The Hall–Kier alpha value is -4.38. The predicted octanol–water partition coefficient (Wildman–Crippen LogP) is 8.37. The Balaban J connectivity index is 0.000000213. The Bertz CT molecular complexity index is 2100. The van der Waals surface area contributed by atoms with Crippen molar-refractivity contribution in [1.29, 1.82) is 0 Å². The molecule has 1 amide bonds. The number of amides is 1. The first-order valence-electron chi connectivity index (χ1n) is 19.3. The van der Waals surface area contributed by atoms with E-state index in [4.69, 9.17) is 33.5 Å². The largest absolute Gasteiger partial charge is 0.444 e. The second-order valence-corrected chi connectivity index (χ2v) is 18.6. The number of aromatic nitrogens is 6. The molecule has 0 aromatic carbocycles. The summed E-state index contributed by atoms with van der Waals surface area (Å²) in [5.41, 5.74) is 15.3. The molecule has 0 unspecified atom stereocenters. The lowest BCUT2D eigenvalue weighted by molar-refractivity contribution is -0.144. The Morgan fingerprint density at radius 3 is 1.77 bits per heavy atom. The lowest BCUT2D eigenvalue weighted by atomic mass is 9.80. The van der Waals surface area contributed by atoms with Crippen molar-refractivity contribution in [2.45, 2.75) is 98.1 Å². The highest BCUT2D eigenvalue weighted by Crippen LogP contribution is 2.40. The zero-order valence-corrected chi connectivity index (χ0v) is 37.2. The summed E-state index contributed by atoms with van der Waals surface area (Å²) in [5.74, 6) is 0.689. The SMILES string of the molecule is CC1(CN)CCN(c2cnc(Sc3cccnc3C(F)(F)F)c(N)n2)CC1.CC1(CNC(=O)OC(C)(C)C)CCNCC1.Nc1nc(Cl)cnc1Sc1cccnc1C(F)(F)F. The Kier molecular flexibility index (Phi) is 17.3. The van der Waals surface area contributed by atoms with E-state index >= 15 is 0 Å². The summed E-state index contributed by atoms with van der Waals surface area (Å²) in [6.45, 7) is 15.0. The number of nitrogen functional groups attached to an aromatic ring is 2. The third kappa shape index (κ3) is 15.5. The van der Waals surface area contributed by atoms with Crippen LogP contribution >= 0.6 is 35.1 Å². The average Bonchev–Trinajstić information content (AvgIpc) is 3.19. The number of ether oxygens (including phenoxy) is 1. The van der Waals surface area contributed by atoms with Gasteiger partial charge in [-0.2, -0.15) is 26.3 Å². The number of piperidine rings is 2. The molecule has 2 saturated heterocycles. The van der Waals surface area contributed by atoms with E-state index in [9.17, 15) is 31.1 Å². The minimum atomic E-state index is -4.55. The van der Waals surface area contributed by atoms with Gasteiger partial charge in [0.05, 0.1) is 12.4 Å². The number of nitrogens with one attached hydrogen (secondary N) is 2. The van der Waals surface area contributed by atoms with E-state index in [0.29, 0.717) is 18.9 Å². The van der Waals surface area contributed by atoms with Crippen molar-refractivity contribution in [1.82, 2.24) is 40.5 Å². The monoisotopic (exact) mass is 932 g/mol. The number of pyridine rings is 2. The highest BCUT2D eigenvalue weighted by molar-refractivity contribution is 7.99. The molecule has 0 aliphatic carbocycles. The molecule has 6 heterocycles. The van der Waals surface area contributed by atoms with Crippen molar-refractivity contribution in [2.24, 2.45) is 16.6 Å². The summed E-state index contributed by atoms with van der Waals surface area (Å²) in [5, 5.41) is 6.62. The molecule has 0 saturated carbocycles. The number of hydrogen-bond acceptors (Lipinski definition) is 15. The number of alkyl carbamates (subject to hydrolysis) is 1. The molecular weight excluding hydrogens is 882 g/mol. The molecule has 6 rings (SSSR count). The zero-order valence-electron chi connectivity index (χ0n) is 34.8. The lowest BCUT2D eigenvalue weighted by Crippen LogP contribution is -2.44. The smallest absolute Gasteiger partial charge is 0.434 e. The first-order valence-corrected chi connectivity index (χ1v) is 21.3. The highest BCUT2D eigenvalue weighted by Gasteiger charge is 2.37. The van der Waals surface area contributed by atoms with E-state index in [2.05, 4.69) is 59.3 Å². The van der Waals surface area contributed by atoms with Crippen molar-refractivity contribution in [3.8, 4) is 0 Å². The standard InChI is InChI=1S/C17H21F3N6S.C12H24N2O2.C10H6ClF3N4S/c1-16(10-21)4-7-26(8-5-16)12-9-24-15(14(22)25-12)27-11-3-2-6-23-13(11)17(18,19)20;1-11(2,3)16-10(15)14-9-12(4)5-7-13-8-6-12;11-6-4-17-9(8(15)18-6)19-5-2-1-3-16-7(5)10(12,13)14/h2-3,6,9H,4-5,7-8,10,21H2,1H3,(H2,22,25);13H,5-9H2,1-4H3,(H,14,15);1-4H,(H2,15,18). The van der Waals surface area contributed by atoms with E-state index in [1.54, 1.807) is 6.20 Å². The van der Waals surface area contributed by atoms with Gasteiger partial charge in [-0.25, -0.2) is 24.7 Å². The number of rotatable bonds is 8. The molecule has 0 radical (unpaired) electrons. The maximum Gasteiger partial charge on any atom is 0.434 e. The Labute approximate surface area is 369 Å². The van der Waals surface area contributed by atoms with Gasteiger partial charge in [-0.3, -0.25) is 9.97 Å². The zero-order chi connectivity index (χ0) is 45.9. The van der Waals surface area contributed by atoms with Crippen LogP contribution in [0.4, 0.5) is 48.6 Å². The summed E-state index contributed by atoms with van der Waals surface area (Å²) in [4.78, 5) is 36.3.